The molecule has 2 heterocycles. The highest BCUT2D eigenvalue weighted by molar-refractivity contribution is 7.13. The minimum absolute atomic E-state index is 0.00677. The van der Waals surface area contributed by atoms with Gasteiger partial charge in [-0.25, -0.2) is 9.37 Å². The van der Waals surface area contributed by atoms with Gasteiger partial charge in [0, 0.05) is 43.0 Å². The van der Waals surface area contributed by atoms with Crippen molar-refractivity contribution in [2.45, 2.75) is 19.0 Å². The molecule has 0 spiro atoms. The summed E-state index contributed by atoms with van der Waals surface area (Å²) in [4.78, 5) is 19.0. The first-order chi connectivity index (χ1) is 13.2. The fraction of sp³-hybridized carbons (Fsp3) is 0.238. The van der Waals surface area contributed by atoms with Gasteiger partial charge in [-0.05, 0) is 17.7 Å². The molecule has 1 saturated heterocycles. The standard InChI is InChI=1S/C21H20FN3OS/c22-18-9-5-4-8-17(18)21-24-16(14-27-21)13-25-11-10-23-20(26)12-19(25)15-6-2-1-3-7-15/h1-9,14,19H,10-13H2,(H,23,26). The van der Waals surface area contributed by atoms with Gasteiger partial charge in [-0.3, -0.25) is 9.69 Å². The van der Waals surface area contributed by atoms with Gasteiger partial charge in [-0.1, -0.05) is 42.5 Å². The molecule has 1 unspecified atom stereocenters. The second kappa shape index (κ2) is 7.98. The van der Waals surface area contributed by atoms with Gasteiger partial charge in [-0.15, -0.1) is 11.3 Å². The van der Waals surface area contributed by atoms with Crippen LogP contribution in [-0.2, 0) is 11.3 Å². The number of amides is 1. The summed E-state index contributed by atoms with van der Waals surface area (Å²) in [7, 11) is 0. The average molecular weight is 381 g/mol. The molecule has 2 aromatic carbocycles. The highest BCUT2D eigenvalue weighted by Crippen LogP contribution is 2.30. The quantitative estimate of drug-likeness (QED) is 0.743. The molecule has 1 amide bonds. The van der Waals surface area contributed by atoms with E-state index in [2.05, 4.69) is 27.3 Å². The van der Waals surface area contributed by atoms with E-state index in [-0.39, 0.29) is 17.8 Å². The van der Waals surface area contributed by atoms with E-state index in [1.54, 1.807) is 12.1 Å². The van der Waals surface area contributed by atoms with Crippen LogP contribution in [0.1, 0.15) is 23.7 Å². The molecular weight excluding hydrogens is 361 g/mol. The summed E-state index contributed by atoms with van der Waals surface area (Å²) in [5.74, 6) is -0.193. The average Bonchev–Trinajstić information content (AvgIpc) is 3.06. The van der Waals surface area contributed by atoms with Crippen molar-refractivity contribution in [2.75, 3.05) is 13.1 Å². The minimum atomic E-state index is -0.259. The Hall–Kier alpha value is -2.57. The summed E-state index contributed by atoms with van der Waals surface area (Å²) in [5.41, 5.74) is 2.55. The zero-order valence-electron chi connectivity index (χ0n) is 14.8. The summed E-state index contributed by atoms with van der Waals surface area (Å²) in [6.07, 6.45) is 0.425. The number of rotatable bonds is 4. The Kier molecular flexibility index (Phi) is 5.27. The number of carbonyl (C=O) groups is 1. The summed E-state index contributed by atoms with van der Waals surface area (Å²) in [6.45, 7) is 1.99. The maximum Gasteiger partial charge on any atom is 0.221 e. The monoisotopic (exact) mass is 381 g/mol. The van der Waals surface area contributed by atoms with Gasteiger partial charge < -0.3 is 5.32 Å². The molecule has 1 aromatic heterocycles. The molecule has 1 aliphatic heterocycles. The van der Waals surface area contributed by atoms with Crippen molar-refractivity contribution in [3.8, 4) is 10.6 Å². The van der Waals surface area contributed by atoms with Crippen LogP contribution < -0.4 is 5.32 Å². The third-order valence-corrected chi connectivity index (χ3v) is 5.67. The van der Waals surface area contributed by atoms with Crippen LogP contribution in [0.15, 0.2) is 60.0 Å². The molecule has 1 N–H and O–H groups in total. The van der Waals surface area contributed by atoms with Gasteiger partial charge in [0.25, 0.3) is 0 Å². The molecule has 0 radical (unpaired) electrons. The molecule has 4 nitrogen and oxygen atoms in total. The molecular formula is C21H20FN3OS. The van der Waals surface area contributed by atoms with Crippen molar-refractivity contribution in [3.05, 3.63) is 77.1 Å². The molecule has 1 aliphatic rings. The molecule has 4 rings (SSSR count). The van der Waals surface area contributed by atoms with Crippen molar-refractivity contribution in [1.29, 1.82) is 0 Å². The first-order valence-corrected chi connectivity index (χ1v) is 9.83. The largest absolute Gasteiger partial charge is 0.355 e. The third-order valence-electron chi connectivity index (χ3n) is 4.75. The van der Waals surface area contributed by atoms with Crippen LogP contribution in [0.5, 0.6) is 0 Å². The van der Waals surface area contributed by atoms with E-state index in [0.29, 0.717) is 30.1 Å². The lowest BCUT2D eigenvalue weighted by Crippen LogP contribution is -2.30. The van der Waals surface area contributed by atoms with Crippen molar-refractivity contribution in [2.24, 2.45) is 0 Å². The van der Waals surface area contributed by atoms with E-state index in [0.717, 1.165) is 17.8 Å². The fourth-order valence-corrected chi connectivity index (χ4v) is 4.25. The van der Waals surface area contributed by atoms with Crippen LogP contribution in [0.25, 0.3) is 10.6 Å². The predicted octanol–water partition coefficient (Wildman–Crippen LogP) is 4.01. The van der Waals surface area contributed by atoms with E-state index >= 15 is 0 Å². The Balaban J connectivity index is 1.58. The SMILES string of the molecule is O=C1CC(c2ccccc2)N(Cc2csc(-c3ccccc3F)n2)CCN1. The normalized spacial score (nSPS) is 18.1. The van der Waals surface area contributed by atoms with E-state index in [1.165, 1.54) is 17.4 Å². The summed E-state index contributed by atoms with van der Waals surface area (Å²) in [6, 6.07) is 16.8. The van der Waals surface area contributed by atoms with E-state index in [1.807, 2.05) is 29.6 Å². The first-order valence-electron chi connectivity index (χ1n) is 8.96. The molecule has 0 aliphatic carbocycles. The van der Waals surface area contributed by atoms with Gasteiger partial charge >= 0.3 is 0 Å². The Morgan fingerprint density at radius 3 is 2.74 bits per heavy atom. The minimum Gasteiger partial charge on any atom is -0.355 e. The lowest BCUT2D eigenvalue weighted by atomic mass is 10.0. The van der Waals surface area contributed by atoms with Crippen LogP contribution in [0, 0.1) is 5.82 Å². The second-order valence-electron chi connectivity index (χ2n) is 6.57. The Morgan fingerprint density at radius 1 is 1.15 bits per heavy atom. The van der Waals surface area contributed by atoms with E-state index in [9.17, 15) is 9.18 Å². The Morgan fingerprint density at radius 2 is 1.93 bits per heavy atom. The lowest BCUT2D eigenvalue weighted by molar-refractivity contribution is -0.121. The number of aromatic nitrogens is 1. The van der Waals surface area contributed by atoms with Crippen LogP contribution in [0.2, 0.25) is 0 Å². The molecule has 1 atom stereocenters. The molecule has 3 aromatic rings. The molecule has 6 heteroatoms. The topological polar surface area (TPSA) is 45.2 Å². The maximum absolute atomic E-state index is 14.0. The Bertz CT molecular complexity index is 928. The highest BCUT2D eigenvalue weighted by Gasteiger charge is 2.26. The number of hydrogen-bond donors (Lipinski definition) is 1. The summed E-state index contributed by atoms with van der Waals surface area (Å²) in [5, 5.41) is 5.61. The van der Waals surface area contributed by atoms with Gasteiger partial charge in [0.05, 0.1) is 5.69 Å². The van der Waals surface area contributed by atoms with Gasteiger partial charge in [0.1, 0.15) is 10.8 Å². The van der Waals surface area contributed by atoms with Crippen molar-refractivity contribution < 1.29 is 9.18 Å². The zero-order valence-corrected chi connectivity index (χ0v) is 15.6. The van der Waals surface area contributed by atoms with Crippen LogP contribution in [0.3, 0.4) is 0 Å². The summed E-state index contributed by atoms with van der Waals surface area (Å²) < 4.78 is 14.0. The molecule has 0 bridgehead atoms. The second-order valence-corrected chi connectivity index (χ2v) is 7.43. The van der Waals surface area contributed by atoms with Crippen molar-refractivity contribution >= 4 is 17.2 Å². The van der Waals surface area contributed by atoms with Crippen LogP contribution in [-0.4, -0.2) is 28.9 Å². The van der Waals surface area contributed by atoms with Gasteiger partial charge in [0.2, 0.25) is 5.91 Å². The fourth-order valence-electron chi connectivity index (χ4n) is 3.41. The highest BCUT2D eigenvalue weighted by atomic mass is 32.1. The summed E-state index contributed by atoms with van der Waals surface area (Å²) >= 11 is 1.45. The number of thiazole rings is 1. The number of nitrogens with one attached hydrogen (secondary N) is 1. The molecule has 1 fully saturated rings. The number of carbonyl (C=O) groups excluding carboxylic acids is 1. The molecule has 27 heavy (non-hydrogen) atoms. The predicted molar refractivity (Wildman–Crippen MR) is 105 cm³/mol. The lowest BCUT2D eigenvalue weighted by Gasteiger charge is -2.28. The maximum atomic E-state index is 14.0. The zero-order chi connectivity index (χ0) is 18.6. The number of nitrogens with zero attached hydrogens (tertiary/aromatic N) is 2. The molecule has 0 saturated carbocycles. The Labute approximate surface area is 161 Å². The van der Waals surface area contributed by atoms with Gasteiger partial charge in [-0.2, -0.15) is 0 Å². The molecule has 138 valence electrons. The first kappa shape index (κ1) is 17.8. The van der Waals surface area contributed by atoms with Crippen LogP contribution in [0.4, 0.5) is 4.39 Å². The van der Waals surface area contributed by atoms with E-state index in [4.69, 9.17) is 0 Å². The number of halogens is 1. The smallest absolute Gasteiger partial charge is 0.221 e. The van der Waals surface area contributed by atoms with Gasteiger partial charge in [0.15, 0.2) is 0 Å². The van der Waals surface area contributed by atoms with Crippen LogP contribution >= 0.6 is 11.3 Å². The van der Waals surface area contributed by atoms with E-state index < -0.39 is 0 Å². The third kappa shape index (κ3) is 4.07. The van der Waals surface area contributed by atoms with Crippen molar-refractivity contribution in [1.82, 2.24) is 15.2 Å². The van der Waals surface area contributed by atoms with Crippen molar-refractivity contribution in [3.63, 3.8) is 0 Å². The number of benzene rings is 2. The number of hydrogen-bond acceptors (Lipinski definition) is 4.